The summed E-state index contributed by atoms with van der Waals surface area (Å²) in [5.74, 6) is 0. The van der Waals surface area contributed by atoms with Crippen LogP contribution >= 0.6 is 23.5 Å². The van der Waals surface area contributed by atoms with E-state index in [4.69, 9.17) is 0 Å². The average Bonchev–Trinajstić information content (AvgIpc) is 2.68. The molecule has 4 heteroatoms. The van der Waals surface area contributed by atoms with Crippen molar-refractivity contribution in [3.8, 4) is 0 Å². The van der Waals surface area contributed by atoms with Crippen molar-refractivity contribution in [3.63, 3.8) is 0 Å². The largest absolute Gasteiger partial charge is 0.307 e. The van der Waals surface area contributed by atoms with Crippen LogP contribution < -0.4 is 0 Å². The first-order chi connectivity index (χ1) is 8.33. The lowest BCUT2D eigenvalue weighted by Gasteiger charge is -2.03. The molecule has 0 N–H and O–H groups in total. The van der Waals surface area contributed by atoms with Crippen LogP contribution in [0.3, 0.4) is 0 Å². The van der Waals surface area contributed by atoms with Crippen molar-refractivity contribution < 1.29 is 0 Å². The second kappa shape index (κ2) is 5.83. The first kappa shape index (κ1) is 12.8. The molecule has 0 bridgehead atoms. The standard InChI is InChI=1S/C13H18N2S2/c1-4-5-6-10-12(16-2)11-9-14-7-8-15(11)13(10)17-3/h7-9H,4-6H2,1-3H3. The van der Waals surface area contributed by atoms with Crippen LogP contribution in [0, 0.1) is 0 Å². The van der Waals surface area contributed by atoms with E-state index in [1.807, 2.05) is 35.9 Å². The zero-order valence-corrected chi connectivity index (χ0v) is 12.2. The highest BCUT2D eigenvalue weighted by atomic mass is 32.2. The van der Waals surface area contributed by atoms with E-state index in [-0.39, 0.29) is 0 Å². The van der Waals surface area contributed by atoms with Gasteiger partial charge in [-0.1, -0.05) is 13.3 Å². The highest BCUT2D eigenvalue weighted by molar-refractivity contribution is 7.99. The third-order valence-corrected chi connectivity index (χ3v) is 4.61. The highest BCUT2D eigenvalue weighted by Crippen LogP contribution is 2.36. The maximum Gasteiger partial charge on any atom is 0.0836 e. The molecule has 0 aliphatic rings. The Morgan fingerprint density at radius 1 is 1.29 bits per heavy atom. The van der Waals surface area contributed by atoms with Gasteiger partial charge in [-0.2, -0.15) is 0 Å². The molecule has 2 aromatic heterocycles. The van der Waals surface area contributed by atoms with Crippen molar-refractivity contribution in [2.75, 3.05) is 12.5 Å². The minimum Gasteiger partial charge on any atom is -0.307 e. The predicted molar refractivity (Wildman–Crippen MR) is 77.4 cm³/mol. The molecule has 0 amide bonds. The van der Waals surface area contributed by atoms with Crippen molar-refractivity contribution >= 4 is 29.0 Å². The van der Waals surface area contributed by atoms with E-state index in [2.05, 4.69) is 35.0 Å². The molecule has 0 saturated carbocycles. The van der Waals surface area contributed by atoms with Crippen LogP contribution in [0.2, 0.25) is 0 Å². The molecule has 0 radical (unpaired) electrons. The fourth-order valence-electron chi connectivity index (χ4n) is 2.13. The van der Waals surface area contributed by atoms with Crippen molar-refractivity contribution in [1.29, 1.82) is 0 Å². The monoisotopic (exact) mass is 266 g/mol. The quantitative estimate of drug-likeness (QED) is 0.758. The minimum atomic E-state index is 1.17. The Kier molecular flexibility index (Phi) is 4.40. The van der Waals surface area contributed by atoms with Gasteiger partial charge in [-0.25, -0.2) is 0 Å². The van der Waals surface area contributed by atoms with Crippen molar-refractivity contribution in [2.24, 2.45) is 0 Å². The summed E-state index contributed by atoms with van der Waals surface area (Å²) in [6.45, 7) is 2.24. The average molecular weight is 266 g/mol. The van der Waals surface area contributed by atoms with E-state index in [0.29, 0.717) is 0 Å². The fourth-order valence-corrected chi connectivity index (χ4v) is 3.80. The second-order valence-corrected chi connectivity index (χ2v) is 5.57. The molecule has 0 aromatic carbocycles. The van der Waals surface area contributed by atoms with E-state index in [1.54, 1.807) is 0 Å². The van der Waals surface area contributed by atoms with Crippen LogP contribution in [-0.2, 0) is 6.42 Å². The molecular formula is C13H18N2S2. The summed E-state index contributed by atoms with van der Waals surface area (Å²) in [6, 6.07) is 0. The molecule has 92 valence electrons. The van der Waals surface area contributed by atoms with Gasteiger partial charge >= 0.3 is 0 Å². The van der Waals surface area contributed by atoms with Crippen molar-refractivity contribution in [1.82, 2.24) is 9.38 Å². The van der Waals surface area contributed by atoms with Crippen LogP contribution in [0.1, 0.15) is 25.3 Å². The molecule has 0 spiro atoms. The summed E-state index contributed by atoms with van der Waals surface area (Å²) in [5.41, 5.74) is 2.75. The maximum absolute atomic E-state index is 4.25. The number of hydrogen-bond acceptors (Lipinski definition) is 3. The van der Waals surface area contributed by atoms with Gasteiger partial charge in [0.2, 0.25) is 0 Å². The number of fused-ring (bicyclic) bond motifs is 1. The number of hydrogen-bond donors (Lipinski definition) is 0. The Balaban J connectivity index is 2.61. The van der Waals surface area contributed by atoms with Crippen LogP contribution in [0.15, 0.2) is 28.5 Å². The van der Waals surface area contributed by atoms with Gasteiger partial charge in [-0.05, 0) is 30.9 Å². The summed E-state index contributed by atoms with van der Waals surface area (Å²) < 4.78 is 2.27. The zero-order chi connectivity index (χ0) is 12.3. The van der Waals surface area contributed by atoms with Gasteiger partial charge in [0.05, 0.1) is 16.7 Å². The first-order valence-corrected chi connectivity index (χ1v) is 8.33. The molecule has 17 heavy (non-hydrogen) atoms. The van der Waals surface area contributed by atoms with Crippen LogP contribution in [0.4, 0.5) is 0 Å². The lowest BCUT2D eigenvalue weighted by molar-refractivity contribution is 0.772. The summed E-state index contributed by atoms with van der Waals surface area (Å²) in [6.07, 6.45) is 13.9. The minimum absolute atomic E-state index is 1.17. The molecule has 2 aromatic rings. The Morgan fingerprint density at radius 3 is 2.76 bits per heavy atom. The van der Waals surface area contributed by atoms with Crippen molar-refractivity contribution in [3.05, 3.63) is 24.2 Å². The predicted octanol–water partition coefficient (Wildman–Crippen LogP) is 4.12. The Labute approximate surface area is 111 Å². The Morgan fingerprint density at radius 2 is 2.12 bits per heavy atom. The summed E-state index contributed by atoms with van der Waals surface area (Å²) in [4.78, 5) is 5.65. The van der Waals surface area contributed by atoms with E-state index >= 15 is 0 Å². The first-order valence-electron chi connectivity index (χ1n) is 5.88. The van der Waals surface area contributed by atoms with Gasteiger partial charge in [0.25, 0.3) is 0 Å². The lowest BCUT2D eigenvalue weighted by Crippen LogP contribution is -1.89. The maximum atomic E-state index is 4.25. The molecule has 0 aliphatic heterocycles. The van der Waals surface area contributed by atoms with Crippen LogP contribution in [0.25, 0.3) is 5.52 Å². The van der Waals surface area contributed by atoms with Gasteiger partial charge in [0.1, 0.15) is 0 Å². The second-order valence-electron chi connectivity index (χ2n) is 3.96. The topological polar surface area (TPSA) is 17.3 Å². The molecule has 2 nitrogen and oxygen atoms in total. The fraction of sp³-hybridized carbons (Fsp3) is 0.462. The summed E-state index contributed by atoms with van der Waals surface area (Å²) in [5, 5.41) is 1.38. The Hall–Kier alpha value is -0.610. The van der Waals surface area contributed by atoms with Gasteiger partial charge in [-0.3, -0.25) is 4.98 Å². The molecular weight excluding hydrogens is 248 g/mol. The van der Waals surface area contributed by atoms with Gasteiger partial charge < -0.3 is 4.40 Å². The normalized spacial score (nSPS) is 11.2. The van der Waals surface area contributed by atoms with Crippen molar-refractivity contribution in [2.45, 2.75) is 36.1 Å². The van der Waals surface area contributed by atoms with E-state index in [9.17, 15) is 0 Å². The molecule has 0 saturated heterocycles. The smallest absolute Gasteiger partial charge is 0.0836 e. The molecule has 2 rings (SSSR count). The summed E-state index contributed by atoms with van der Waals surface area (Å²) in [7, 11) is 0. The van der Waals surface area contributed by atoms with Gasteiger partial charge in [0.15, 0.2) is 0 Å². The van der Waals surface area contributed by atoms with E-state index in [0.717, 1.165) is 0 Å². The lowest BCUT2D eigenvalue weighted by atomic mass is 10.1. The van der Waals surface area contributed by atoms with Gasteiger partial charge in [-0.15, -0.1) is 23.5 Å². The zero-order valence-electron chi connectivity index (χ0n) is 10.6. The van der Waals surface area contributed by atoms with Gasteiger partial charge in [0, 0.05) is 17.3 Å². The number of thioether (sulfide) groups is 2. The summed E-state index contributed by atoms with van der Waals surface area (Å²) >= 11 is 3.67. The number of rotatable bonds is 5. The number of nitrogens with zero attached hydrogens (tertiary/aromatic N) is 2. The van der Waals surface area contributed by atoms with Crippen LogP contribution in [-0.4, -0.2) is 21.9 Å². The Bertz CT molecular complexity index is 464. The molecule has 2 heterocycles. The number of aromatic nitrogens is 2. The third kappa shape index (κ3) is 2.33. The van der Waals surface area contributed by atoms with E-state index < -0.39 is 0 Å². The van der Waals surface area contributed by atoms with E-state index in [1.165, 1.54) is 40.3 Å². The molecule has 0 aliphatic carbocycles. The third-order valence-electron chi connectivity index (χ3n) is 2.92. The van der Waals surface area contributed by atoms with Crippen LogP contribution in [0.5, 0.6) is 0 Å². The highest BCUT2D eigenvalue weighted by Gasteiger charge is 2.16. The number of unbranched alkanes of at least 4 members (excludes halogenated alkanes) is 1. The molecule has 0 unspecified atom stereocenters. The molecule has 0 fully saturated rings. The SMILES string of the molecule is CCCCc1c(SC)c2cnccn2c1SC. The molecule has 0 atom stereocenters.